The van der Waals surface area contributed by atoms with Gasteiger partial charge in [0.15, 0.2) is 5.13 Å². The van der Waals surface area contributed by atoms with E-state index >= 15 is 0 Å². The third kappa shape index (κ3) is 3.22. The van der Waals surface area contributed by atoms with Crippen molar-refractivity contribution in [2.45, 2.75) is 12.8 Å². The van der Waals surface area contributed by atoms with Gasteiger partial charge in [0.05, 0.1) is 32.2 Å². The number of para-hydroxylation sites is 2. The summed E-state index contributed by atoms with van der Waals surface area (Å²) in [6, 6.07) is 21.8. The van der Waals surface area contributed by atoms with Crippen LogP contribution in [0.1, 0.15) is 33.0 Å². The van der Waals surface area contributed by atoms with Gasteiger partial charge in [0.1, 0.15) is 5.82 Å². The molecule has 6 rings (SSSR count). The Morgan fingerprint density at radius 3 is 2.12 bits per heavy atom. The van der Waals surface area contributed by atoms with Gasteiger partial charge in [-0.1, -0.05) is 47.7 Å². The molecule has 0 radical (unpaired) electrons. The molecule has 1 aliphatic heterocycles. The number of carbonyl (C=O) groups is 2. The first kappa shape index (κ1) is 20.4. The van der Waals surface area contributed by atoms with Gasteiger partial charge in [-0.2, -0.15) is 0 Å². The van der Waals surface area contributed by atoms with Crippen molar-refractivity contribution in [3.63, 3.8) is 0 Å². The summed E-state index contributed by atoms with van der Waals surface area (Å²) >= 11 is 1.43. The Bertz CT molecular complexity index is 1600. The van der Waals surface area contributed by atoms with E-state index < -0.39 is 0 Å². The second-order valence-corrected chi connectivity index (χ2v) is 9.07. The molecule has 0 spiro atoms. The Morgan fingerprint density at radius 2 is 1.38 bits per heavy atom. The van der Waals surface area contributed by atoms with Gasteiger partial charge < -0.3 is 0 Å². The number of thiazole rings is 1. The molecule has 8 heteroatoms. The Morgan fingerprint density at radius 1 is 0.735 bits per heavy atom. The molecule has 0 unspecified atom stereocenters. The quantitative estimate of drug-likeness (QED) is 0.362. The van der Waals surface area contributed by atoms with Crippen molar-refractivity contribution in [2.24, 2.45) is 0 Å². The minimum absolute atomic E-state index is 0.180. The minimum atomic E-state index is -0.282. The molecular formula is C26H18N4O3S. The molecule has 5 aromatic rings. The van der Waals surface area contributed by atoms with Gasteiger partial charge >= 0.3 is 0 Å². The predicted molar refractivity (Wildman–Crippen MR) is 131 cm³/mol. The summed E-state index contributed by atoms with van der Waals surface area (Å²) in [5, 5.41) is 1.08. The van der Waals surface area contributed by atoms with Gasteiger partial charge in [0.25, 0.3) is 17.4 Å². The van der Waals surface area contributed by atoms with Crippen LogP contribution in [0, 0.1) is 0 Å². The fraction of sp³-hybridized carbons (Fsp3) is 0.115. The normalized spacial score (nSPS) is 13.2. The van der Waals surface area contributed by atoms with Crippen LogP contribution in [-0.4, -0.2) is 37.8 Å². The molecule has 0 saturated heterocycles. The van der Waals surface area contributed by atoms with Crippen LogP contribution in [-0.2, 0) is 6.42 Å². The van der Waals surface area contributed by atoms with E-state index in [0.29, 0.717) is 45.8 Å². The van der Waals surface area contributed by atoms with Crippen molar-refractivity contribution in [1.82, 2.24) is 19.4 Å². The lowest BCUT2D eigenvalue weighted by molar-refractivity contribution is 0.0652. The summed E-state index contributed by atoms with van der Waals surface area (Å²) in [5.41, 5.74) is 2.12. The minimum Gasteiger partial charge on any atom is -0.274 e. The van der Waals surface area contributed by atoms with Gasteiger partial charge in [-0.05, 0) is 42.8 Å². The number of hydrogen-bond acceptors (Lipinski definition) is 6. The molecule has 2 amide bonds. The summed E-state index contributed by atoms with van der Waals surface area (Å²) in [6.07, 6.45) is 0.880. The topological polar surface area (TPSA) is 85.2 Å². The second-order valence-electron chi connectivity index (χ2n) is 8.06. The Kier molecular flexibility index (Phi) is 4.81. The van der Waals surface area contributed by atoms with Gasteiger partial charge in [0, 0.05) is 13.0 Å². The summed E-state index contributed by atoms with van der Waals surface area (Å²) in [6.45, 7) is 0.245. The molecule has 0 N–H and O–H groups in total. The van der Waals surface area contributed by atoms with Crippen LogP contribution in [0.2, 0.25) is 0 Å². The highest BCUT2D eigenvalue weighted by molar-refractivity contribution is 7.20. The van der Waals surface area contributed by atoms with Gasteiger partial charge in [-0.15, -0.1) is 0 Å². The molecule has 2 aromatic heterocycles. The van der Waals surface area contributed by atoms with Gasteiger partial charge in [-0.3, -0.25) is 19.3 Å². The van der Waals surface area contributed by atoms with E-state index in [1.165, 1.54) is 16.2 Å². The van der Waals surface area contributed by atoms with Crippen molar-refractivity contribution in [2.75, 3.05) is 6.54 Å². The standard InChI is InChI=1S/C26H18N4O3S/c31-23-16-8-1-2-9-17(16)24(32)29(23)15-7-14-22-27-19-11-4-3-10-18(19)25(33)30(22)26-28-20-12-5-6-13-21(20)34-26/h1-6,8-13H,7,14-15H2. The summed E-state index contributed by atoms with van der Waals surface area (Å²) in [5.74, 6) is -0.00867. The van der Waals surface area contributed by atoms with Crippen LogP contribution in [0.15, 0.2) is 77.6 Å². The third-order valence-electron chi connectivity index (χ3n) is 5.98. The zero-order valence-corrected chi connectivity index (χ0v) is 18.8. The first-order valence-corrected chi connectivity index (χ1v) is 11.8. The highest BCUT2D eigenvalue weighted by Gasteiger charge is 2.34. The number of aryl methyl sites for hydroxylation is 1. The average Bonchev–Trinajstić information content (AvgIpc) is 3.39. The number of aromatic nitrogens is 3. The van der Waals surface area contributed by atoms with Crippen molar-refractivity contribution in [3.8, 4) is 5.13 Å². The van der Waals surface area contributed by atoms with Crippen LogP contribution in [0.4, 0.5) is 0 Å². The number of benzene rings is 3. The molecule has 1 aliphatic rings. The van der Waals surface area contributed by atoms with E-state index in [9.17, 15) is 14.4 Å². The van der Waals surface area contributed by atoms with Crippen molar-refractivity contribution in [3.05, 3.63) is 100 Å². The molecular weight excluding hydrogens is 448 g/mol. The molecule has 0 bridgehead atoms. The van der Waals surface area contributed by atoms with E-state index in [1.807, 2.05) is 42.5 Å². The Hall–Kier alpha value is -4.17. The lowest BCUT2D eigenvalue weighted by Crippen LogP contribution is -2.31. The monoisotopic (exact) mass is 466 g/mol. The van der Waals surface area contributed by atoms with Gasteiger partial charge in [0.2, 0.25) is 0 Å². The Labute approximate surface area is 197 Å². The molecule has 7 nitrogen and oxygen atoms in total. The van der Waals surface area contributed by atoms with Crippen molar-refractivity contribution in [1.29, 1.82) is 0 Å². The van der Waals surface area contributed by atoms with Crippen LogP contribution < -0.4 is 5.56 Å². The van der Waals surface area contributed by atoms with Gasteiger partial charge in [-0.25, -0.2) is 14.5 Å². The average molecular weight is 467 g/mol. The third-order valence-corrected chi connectivity index (χ3v) is 7.00. The summed E-state index contributed by atoms with van der Waals surface area (Å²) in [7, 11) is 0. The molecule has 3 aromatic carbocycles. The lowest BCUT2D eigenvalue weighted by Gasteiger charge is -2.15. The fourth-order valence-corrected chi connectivity index (χ4v) is 5.32. The predicted octanol–water partition coefficient (Wildman–Crippen LogP) is 4.22. The van der Waals surface area contributed by atoms with Crippen LogP contribution in [0.3, 0.4) is 0 Å². The number of hydrogen-bond donors (Lipinski definition) is 0. The van der Waals surface area contributed by atoms with Crippen LogP contribution in [0.5, 0.6) is 0 Å². The number of amides is 2. The number of nitrogens with zero attached hydrogens (tertiary/aromatic N) is 4. The smallest absolute Gasteiger partial charge is 0.267 e. The first-order chi connectivity index (χ1) is 16.6. The molecule has 3 heterocycles. The summed E-state index contributed by atoms with van der Waals surface area (Å²) < 4.78 is 2.55. The highest BCUT2D eigenvalue weighted by atomic mass is 32.1. The van der Waals surface area contributed by atoms with Crippen molar-refractivity contribution < 1.29 is 9.59 Å². The van der Waals surface area contributed by atoms with E-state index in [0.717, 1.165) is 10.2 Å². The maximum Gasteiger partial charge on any atom is 0.267 e. The Balaban J connectivity index is 1.35. The summed E-state index contributed by atoms with van der Waals surface area (Å²) in [4.78, 5) is 49.6. The van der Waals surface area contributed by atoms with E-state index in [1.54, 1.807) is 34.9 Å². The number of imide groups is 1. The van der Waals surface area contributed by atoms with Crippen LogP contribution >= 0.6 is 11.3 Å². The zero-order valence-electron chi connectivity index (χ0n) is 18.0. The van der Waals surface area contributed by atoms with Crippen molar-refractivity contribution >= 4 is 44.3 Å². The molecule has 166 valence electrons. The highest BCUT2D eigenvalue weighted by Crippen LogP contribution is 2.26. The lowest BCUT2D eigenvalue weighted by atomic mass is 10.1. The maximum absolute atomic E-state index is 13.5. The molecule has 0 fully saturated rings. The second kappa shape index (κ2) is 8.00. The fourth-order valence-electron chi connectivity index (χ4n) is 4.34. The number of carbonyl (C=O) groups excluding carboxylic acids is 2. The van der Waals surface area contributed by atoms with E-state index in [-0.39, 0.29) is 23.9 Å². The first-order valence-electron chi connectivity index (χ1n) is 10.9. The molecule has 0 saturated carbocycles. The number of rotatable bonds is 5. The number of fused-ring (bicyclic) bond motifs is 3. The van der Waals surface area contributed by atoms with Crippen LogP contribution in [0.25, 0.3) is 26.3 Å². The zero-order chi connectivity index (χ0) is 23.2. The molecule has 0 atom stereocenters. The molecule has 0 aliphatic carbocycles. The maximum atomic E-state index is 13.5. The van der Waals surface area contributed by atoms with E-state index in [2.05, 4.69) is 4.98 Å². The van der Waals surface area contributed by atoms with E-state index in [4.69, 9.17) is 4.98 Å². The SMILES string of the molecule is O=C1c2ccccc2C(=O)N1CCCc1nc2ccccc2c(=O)n1-c1nc2ccccc2s1. The molecule has 34 heavy (non-hydrogen) atoms. The largest absolute Gasteiger partial charge is 0.274 e.